The number of esters is 1. The van der Waals surface area contributed by atoms with Gasteiger partial charge in [-0.3, -0.25) is 4.79 Å². The van der Waals surface area contributed by atoms with Crippen LogP contribution in [0.5, 0.6) is 0 Å². The van der Waals surface area contributed by atoms with Gasteiger partial charge in [-0.1, -0.05) is 37.2 Å². The molecule has 9 heteroatoms. The Morgan fingerprint density at radius 2 is 2.00 bits per heavy atom. The Labute approximate surface area is 171 Å². The number of fused-ring (bicyclic) bond motifs is 1. The average Bonchev–Trinajstić information content (AvgIpc) is 3.26. The molecule has 3 rings (SSSR count). The largest absolute Gasteiger partial charge is 0.461 e. The zero-order valence-corrected chi connectivity index (χ0v) is 18.0. The highest BCUT2D eigenvalue weighted by Gasteiger charge is 2.22. The van der Waals surface area contributed by atoms with Crippen LogP contribution in [0.2, 0.25) is 5.15 Å². The number of nitrogens with zero attached hydrogens (tertiary/aromatic N) is 3. The van der Waals surface area contributed by atoms with Crippen molar-refractivity contribution in [2.24, 2.45) is 5.92 Å². The summed E-state index contributed by atoms with van der Waals surface area (Å²) in [6.07, 6.45) is 2.13. The Morgan fingerprint density at radius 1 is 1.30 bits per heavy atom. The fourth-order valence-electron chi connectivity index (χ4n) is 2.82. The highest BCUT2D eigenvalue weighted by atomic mass is 35.5. The maximum Gasteiger partial charge on any atom is 0.348 e. The van der Waals surface area contributed by atoms with Crippen LogP contribution in [0.1, 0.15) is 41.9 Å². The van der Waals surface area contributed by atoms with Crippen LogP contribution < -0.4 is 0 Å². The molecule has 1 fully saturated rings. The van der Waals surface area contributed by atoms with Gasteiger partial charge in [0.25, 0.3) is 0 Å². The Balaban J connectivity index is 1.77. The number of hydrogen-bond donors (Lipinski definition) is 0. The number of thiophene rings is 1. The van der Waals surface area contributed by atoms with E-state index in [9.17, 15) is 9.59 Å². The van der Waals surface area contributed by atoms with E-state index in [1.54, 1.807) is 0 Å². The Morgan fingerprint density at radius 3 is 2.67 bits per heavy atom. The molecule has 0 bridgehead atoms. The minimum atomic E-state index is -0.362. The molecule has 0 saturated carbocycles. The molecule has 146 valence electrons. The van der Waals surface area contributed by atoms with Crippen molar-refractivity contribution in [3.8, 4) is 0 Å². The summed E-state index contributed by atoms with van der Waals surface area (Å²) in [5.74, 6) is 0.287. The van der Waals surface area contributed by atoms with Gasteiger partial charge in [0.05, 0.1) is 17.7 Å². The van der Waals surface area contributed by atoms with Crippen LogP contribution >= 0.6 is 34.7 Å². The van der Waals surface area contributed by atoms with Gasteiger partial charge >= 0.3 is 5.97 Å². The zero-order valence-electron chi connectivity index (χ0n) is 15.6. The molecule has 1 amide bonds. The van der Waals surface area contributed by atoms with Crippen molar-refractivity contribution in [2.75, 3.05) is 25.4 Å². The van der Waals surface area contributed by atoms with Crippen molar-refractivity contribution < 1.29 is 14.3 Å². The van der Waals surface area contributed by atoms with E-state index in [2.05, 4.69) is 9.97 Å². The minimum Gasteiger partial charge on any atom is -0.461 e. The van der Waals surface area contributed by atoms with Gasteiger partial charge < -0.3 is 9.64 Å². The molecular formula is C18H22ClN3O3S2. The number of likely N-dealkylation sites (tertiary alicyclic amines) is 1. The van der Waals surface area contributed by atoms with E-state index in [-0.39, 0.29) is 23.5 Å². The molecular weight excluding hydrogens is 406 g/mol. The summed E-state index contributed by atoms with van der Waals surface area (Å²) >= 11 is 8.88. The fourth-order valence-corrected chi connectivity index (χ4v) is 5.12. The second kappa shape index (κ2) is 8.75. The third kappa shape index (κ3) is 4.73. The third-order valence-electron chi connectivity index (χ3n) is 4.24. The van der Waals surface area contributed by atoms with Crippen molar-refractivity contribution in [1.82, 2.24) is 14.9 Å². The maximum absolute atomic E-state index is 12.3. The van der Waals surface area contributed by atoms with E-state index < -0.39 is 0 Å². The number of carbonyl (C=O) groups excluding carboxylic acids is 2. The van der Waals surface area contributed by atoms with E-state index >= 15 is 0 Å². The molecule has 0 unspecified atom stereocenters. The van der Waals surface area contributed by atoms with Crippen molar-refractivity contribution >= 4 is 56.8 Å². The lowest BCUT2D eigenvalue weighted by Crippen LogP contribution is -2.29. The van der Waals surface area contributed by atoms with Crippen LogP contribution in [-0.2, 0) is 9.53 Å². The average molecular weight is 428 g/mol. The minimum absolute atomic E-state index is 0.0950. The Bertz CT molecular complexity index is 863. The Hall–Kier alpha value is -1.38. The molecule has 1 aliphatic heterocycles. The summed E-state index contributed by atoms with van der Waals surface area (Å²) < 4.78 is 5.33. The van der Waals surface area contributed by atoms with Gasteiger partial charge in [0.15, 0.2) is 5.16 Å². The molecule has 0 radical (unpaired) electrons. The number of carbonyl (C=O) groups is 2. The summed E-state index contributed by atoms with van der Waals surface area (Å²) in [5, 5.41) is 1.42. The molecule has 6 nitrogen and oxygen atoms in total. The van der Waals surface area contributed by atoms with Gasteiger partial charge in [0, 0.05) is 13.1 Å². The third-order valence-corrected chi connectivity index (χ3v) is 6.51. The quantitative estimate of drug-likeness (QED) is 0.298. The van der Waals surface area contributed by atoms with E-state index in [1.165, 1.54) is 23.1 Å². The van der Waals surface area contributed by atoms with E-state index in [0.29, 0.717) is 32.0 Å². The van der Waals surface area contributed by atoms with Crippen LogP contribution in [0.25, 0.3) is 10.2 Å². The van der Waals surface area contributed by atoms with Gasteiger partial charge in [-0.15, -0.1) is 11.3 Å². The molecule has 2 aromatic rings. The number of aryl methyl sites for hydroxylation is 1. The zero-order chi connectivity index (χ0) is 19.6. The maximum atomic E-state index is 12.3. The molecule has 0 spiro atoms. The molecule has 2 aromatic heterocycles. The first-order chi connectivity index (χ1) is 12.9. The van der Waals surface area contributed by atoms with Crippen LogP contribution in [0, 0.1) is 12.8 Å². The number of halogens is 1. The highest BCUT2D eigenvalue weighted by molar-refractivity contribution is 7.99. The first-order valence-electron chi connectivity index (χ1n) is 8.91. The summed E-state index contributed by atoms with van der Waals surface area (Å²) in [5.41, 5.74) is 0.735. The fraction of sp³-hybridized carbons (Fsp3) is 0.556. The number of rotatable bonds is 6. The predicted molar refractivity (Wildman–Crippen MR) is 109 cm³/mol. The molecule has 0 aromatic carbocycles. The van der Waals surface area contributed by atoms with Gasteiger partial charge in [0.1, 0.15) is 14.9 Å². The molecule has 0 N–H and O–H groups in total. The predicted octanol–water partition coefficient (Wildman–Crippen LogP) is 4.18. The molecule has 1 saturated heterocycles. The van der Waals surface area contributed by atoms with Crippen molar-refractivity contribution in [3.63, 3.8) is 0 Å². The van der Waals surface area contributed by atoms with Crippen molar-refractivity contribution in [3.05, 3.63) is 15.6 Å². The standard InChI is InChI=1S/C18H22ClN3O3S2/c1-10(2)8-25-17(24)14-11(3)13-15(19)20-18(21-16(13)27-14)26-9-12(23)22-6-4-5-7-22/h10H,4-9H2,1-3H3. The number of amides is 1. The van der Waals surface area contributed by atoms with E-state index in [1.807, 2.05) is 25.7 Å². The molecule has 27 heavy (non-hydrogen) atoms. The van der Waals surface area contributed by atoms with Crippen molar-refractivity contribution in [1.29, 1.82) is 0 Å². The van der Waals surface area contributed by atoms with E-state index in [4.69, 9.17) is 16.3 Å². The SMILES string of the molecule is Cc1c(C(=O)OCC(C)C)sc2nc(SCC(=O)N3CCCC3)nc(Cl)c12. The molecule has 1 aliphatic rings. The van der Waals surface area contributed by atoms with Crippen LogP contribution in [0.4, 0.5) is 0 Å². The second-order valence-corrected chi connectivity index (χ2v) is 9.20. The number of hydrogen-bond acceptors (Lipinski definition) is 7. The normalized spacial score (nSPS) is 14.3. The lowest BCUT2D eigenvalue weighted by Gasteiger charge is -2.14. The number of thioether (sulfide) groups is 1. The van der Waals surface area contributed by atoms with Crippen molar-refractivity contribution in [2.45, 2.75) is 38.8 Å². The monoisotopic (exact) mass is 427 g/mol. The Kier molecular flexibility index (Phi) is 6.60. The topological polar surface area (TPSA) is 72.4 Å². The highest BCUT2D eigenvalue weighted by Crippen LogP contribution is 2.35. The van der Waals surface area contributed by atoms with Gasteiger partial charge in [-0.2, -0.15) is 0 Å². The second-order valence-electron chi connectivity index (χ2n) is 6.90. The number of aromatic nitrogens is 2. The van der Waals surface area contributed by atoms with E-state index in [0.717, 1.165) is 31.5 Å². The first-order valence-corrected chi connectivity index (χ1v) is 11.1. The lowest BCUT2D eigenvalue weighted by molar-refractivity contribution is -0.127. The van der Waals surface area contributed by atoms with Gasteiger partial charge in [0.2, 0.25) is 5.91 Å². The van der Waals surface area contributed by atoms with Crippen LogP contribution in [-0.4, -0.2) is 52.2 Å². The lowest BCUT2D eigenvalue weighted by atomic mass is 10.2. The molecule has 0 aliphatic carbocycles. The summed E-state index contributed by atoms with van der Waals surface area (Å²) in [4.78, 5) is 36.4. The smallest absolute Gasteiger partial charge is 0.348 e. The van der Waals surface area contributed by atoms with Gasteiger partial charge in [-0.05, 0) is 31.2 Å². The summed E-state index contributed by atoms with van der Waals surface area (Å²) in [6.45, 7) is 7.81. The molecule has 3 heterocycles. The van der Waals surface area contributed by atoms with Crippen LogP contribution in [0.3, 0.4) is 0 Å². The number of ether oxygens (including phenoxy) is 1. The van der Waals surface area contributed by atoms with Gasteiger partial charge in [-0.25, -0.2) is 14.8 Å². The van der Waals surface area contributed by atoms with Crippen LogP contribution in [0.15, 0.2) is 5.16 Å². The first kappa shape index (κ1) is 20.4. The molecule has 0 atom stereocenters. The summed E-state index contributed by atoms with van der Waals surface area (Å²) in [7, 11) is 0. The summed E-state index contributed by atoms with van der Waals surface area (Å²) in [6, 6.07) is 0.